The Morgan fingerprint density at radius 3 is 2.64 bits per heavy atom. The second-order valence-corrected chi connectivity index (χ2v) is 6.29. The van der Waals surface area contributed by atoms with E-state index in [1.807, 2.05) is 0 Å². The molecule has 0 bridgehead atoms. The maximum Gasteiger partial charge on any atom is 0.332 e. The lowest BCUT2D eigenvalue weighted by Crippen LogP contribution is -2.37. The third-order valence-electron chi connectivity index (χ3n) is 3.72. The van der Waals surface area contributed by atoms with Gasteiger partial charge in [-0.25, -0.2) is 14.2 Å². The molecule has 0 saturated carbocycles. The molecule has 3 aromatic rings. The number of fused-ring (bicyclic) bond motifs is 1. The summed E-state index contributed by atoms with van der Waals surface area (Å²) in [5.74, 6) is -1.35. The average Bonchev–Trinajstić information content (AvgIpc) is 2.60. The predicted octanol–water partition coefficient (Wildman–Crippen LogP) is 1.79. The third kappa shape index (κ3) is 2.98. The van der Waals surface area contributed by atoms with Gasteiger partial charge in [-0.15, -0.1) is 0 Å². The summed E-state index contributed by atoms with van der Waals surface area (Å²) in [7, 11) is 2.85. The van der Waals surface area contributed by atoms with Crippen LogP contribution in [0.3, 0.4) is 0 Å². The molecule has 0 aliphatic rings. The van der Waals surface area contributed by atoms with Crippen LogP contribution in [-0.2, 0) is 14.1 Å². The molecule has 128 valence electrons. The first kappa shape index (κ1) is 17.0. The van der Waals surface area contributed by atoms with E-state index in [4.69, 9.17) is 0 Å². The highest BCUT2D eigenvalue weighted by molar-refractivity contribution is 9.10. The van der Waals surface area contributed by atoms with Crippen molar-refractivity contribution in [2.45, 2.75) is 0 Å². The summed E-state index contributed by atoms with van der Waals surface area (Å²) in [6.45, 7) is 0. The number of anilines is 1. The van der Waals surface area contributed by atoms with Crippen LogP contribution in [0.15, 0.2) is 44.5 Å². The molecule has 0 atom stereocenters. The Balaban J connectivity index is 2.06. The molecule has 1 amide bonds. The Morgan fingerprint density at radius 1 is 1.20 bits per heavy atom. The highest BCUT2D eigenvalue weighted by Gasteiger charge is 2.15. The number of benzene rings is 1. The molecule has 0 radical (unpaired) electrons. The molecule has 0 saturated heterocycles. The average molecular weight is 407 g/mol. The maximum absolute atomic E-state index is 13.8. The highest BCUT2D eigenvalue weighted by atomic mass is 79.9. The van der Waals surface area contributed by atoms with Gasteiger partial charge in [0.15, 0.2) is 0 Å². The fourth-order valence-corrected chi connectivity index (χ4v) is 2.76. The van der Waals surface area contributed by atoms with Crippen molar-refractivity contribution in [3.63, 3.8) is 0 Å². The Bertz CT molecular complexity index is 1140. The molecule has 7 nitrogen and oxygen atoms in total. The van der Waals surface area contributed by atoms with Crippen LogP contribution >= 0.6 is 15.9 Å². The van der Waals surface area contributed by atoms with Crippen molar-refractivity contribution < 1.29 is 9.18 Å². The number of rotatable bonds is 2. The van der Waals surface area contributed by atoms with Crippen LogP contribution < -0.4 is 16.6 Å². The van der Waals surface area contributed by atoms with Crippen LogP contribution in [0.1, 0.15) is 10.4 Å². The summed E-state index contributed by atoms with van der Waals surface area (Å²) < 4.78 is 16.5. The molecule has 1 N–H and O–H groups in total. The van der Waals surface area contributed by atoms with Crippen molar-refractivity contribution in [2.75, 3.05) is 5.32 Å². The van der Waals surface area contributed by atoms with Gasteiger partial charge in [0.05, 0.1) is 22.8 Å². The van der Waals surface area contributed by atoms with Crippen LogP contribution in [0.5, 0.6) is 0 Å². The fraction of sp³-hybridized carbons (Fsp3) is 0.125. The van der Waals surface area contributed by atoms with Crippen LogP contribution in [0.4, 0.5) is 10.1 Å². The van der Waals surface area contributed by atoms with E-state index in [2.05, 4.69) is 26.2 Å². The number of hydrogen-bond acceptors (Lipinski definition) is 4. The smallest absolute Gasteiger partial charge is 0.320 e. The number of amides is 1. The van der Waals surface area contributed by atoms with E-state index in [-0.39, 0.29) is 22.3 Å². The summed E-state index contributed by atoms with van der Waals surface area (Å²) in [4.78, 5) is 40.4. The van der Waals surface area contributed by atoms with Crippen molar-refractivity contribution in [1.29, 1.82) is 0 Å². The van der Waals surface area contributed by atoms with Gasteiger partial charge in [0.25, 0.3) is 11.5 Å². The van der Waals surface area contributed by atoms with E-state index in [1.165, 1.54) is 49.1 Å². The van der Waals surface area contributed by atoms with E-state index in [0.29, 0.717) is 4.47 Å². The Morgan fingerprint density at radius 2 is 1.92 bits per heavy atom. The summed E-state index contributed by atoms with van der Waals surface area (Å²) in [5.41, 5.74) is -0.775. The normalized spacial score (nSPS) is 10.9. The molecular weight excluding hydrogens is 395 g/mol. The lowest BCUT2D eigenvalue weighted by molar-refractivity contribution is 0.102. The Labute approximate surface area is 148 Å². The number of hydrogen-bond donors (Lipinski definition) is 1. The molecule has 0 spiro atoms. The van der Waals surface area contributed by atoms with Crippen molar-refractivity contribution in [3.05, 3.63) is 67.2 Å². The quantitative estimate of drug-likeness (QED) is 0.702. The molecule has 0 unspecified atom stereocenters. The summed E-state index contributed by atoms with van der Waals surface area (Å²) in [5, 5.41) is 2.67. The zero-order valence-corrected chi connectivity index (χ0v) is 14.8. The molecule has 3 rings (SSSR count). The molecule has 0 aliphatic carbocycles. The predicted molar refractivity (Wildman–Crippen MR) is 94.3 cm³/mol. The second-order valence-electron chi connectivity index (χ2n) is 5.38. The minimum Gasteiger partial charge on any atom is -0.320 e. The zero-order valence-electron chi connectivity index (χ0n) is 13.2. The van der Waals surface area contributed by atoms with Gasteiger partial charge in [0.1, 0.15) is 11.5 Å². The van der Waals surface area contributed by atoms with Gasteiger partial charge in [0.2, 0.25) is 0 Å². The van der Waals surface area contributed by atoms with Crippen molar-refractivity contribution in [1.82, 2.24) is 14.1 Å². The van der Waals surface area contributed by atoms with Gasteiger partial charge in [-0.2, -0.15) is 0 Å². The molecule has 2 heterocycles. The largest absolute Gasteiger partial charge is 0.332 e. The zero-order chi connectivity index (χ0) is 18.3. The van der Waals surface area contributed by atoms with E-state index in [1.54, 1.807) is 0 Å². The molecule has 0 fully saturated rings. The number of nitrogens with one attached hydrogen (secondary N) is 1. The molecule has 1 aromatic carbocycles. The van der Waals surface area contributed by atoms with Crippen molar-refractivity contribution in [3.8, 4) is 0 Å². The number of carbonyl (C=O) groups excluding carboxylic acids is 1. The lowest BCUT2D eigenvalue weighted by Gasteiger charge is -2.09. The van der Waals surface area contributed by atoms with E-state index in [9.17, 15) is 18.8 Å². The topological polar surface area (TPSA) is 86.0 Å². The van der Waals surface area contributed by atoms with E-state index in [0.717, 1.165) is 4.57 Å². The number of nitrogens with zero attached hydrogens (tertiary/aromatic N) is 3. The van der Waals surface area contributed by atoms with Crippen LogP contribution in [0, 0.1) is 5.82 Å². The van der Waals surface area contributed by atoms with E-state index >= 15 is 0 Å². The number of aromatic nitrogens is 3. The number of pyridine rings is 1. The maximum atomic E-state index is 13.8. The molecular formula is C16H12BrFN4O3. The van der Waals surface area contributed by atoms with Crippen LogP contribution in [0.25, 0.3) is 11.0 Å². The Hall–Kier alpha value is -2.81. The highest BCUT2D eigenvalue weighted by Crippen LogP contribution is 2.18. The SMILES string of the molecule is Cn1c(=O)c2cc(NC(=O)c3cc(Br)ccc3F)cnc2n(C)c1=O. The first-order chi connectivity index (χ1) is 11.8. The molecule has 25 heavy (non-hydrogen) atoms. The van der Waals surface area contributed by atoms with Crippen molar-refractivity contribution >= 4 is 38.6 Å². The lowest BCUT2D eigenvalue weighted by atomic mass is 10.2. The number of aryl methyl sites for hydroxylation is 1. The third-order valence-corrected chi connectivity index (χ3v) is 4.22. The van der Waals surface area contributed by atoms with Crippen LogP contribution in [-0.4, -0.2) is 20.0 Å². The first-order valence-electron chi connectivity index (χ1n) is 7.12. The van der Waals surface area contributed by atoms with Crippen molar-refractivity contribution in [2.24, 2.45) is 14.1 Å². The van der Waals surface area contributed by atoms with Gasteiger partial charge < -0.3 is 5.32 Å². The van der Waals surface area contributed by atoms with Gasteiger partial charge >= 0.3 is 5.69 Å². The summed E-state index contributed by atoms with van der Waals surface area (Å²) in [6, 6.07) is 5.40. The minimum atomic E-state index is -0.679. The standard InChI is InChI=1S/C16H12BrFN4O3/c1-21-13-11(15(24)22(2)16(21)25)6-9(7-19-13)20-14(23)10-5-8(17)3-4-12(10)18/h3-7H,1-2H3,(H,20,23). The van der Waals surface area contributed by atoms with Gasteiger partial charge in [-0.3, -0.25) is 18.7 Å². The van der Waals surface area contributed by atoms with Gasteiger partial charge in [-0.1, -0.05) is 15.9 Å². The summed E-state index contributed by atoms with van der Waals surface area (Å²) >= 11 is 3.18. The fourth-order valence-electron chi connectivity index (χ4n) is 2.40. The van der Waals surface area contributed by atoms with Gasteiger partial charge in [-0.05, 0) is 24.3 Å². The Kier molecular flexibility index (Phi) is 4.25. The number of halogens is 2. The molecule has 0 aliphatic heterocycles. The van der Waals surface area contributed by atoms with E-state index < -0.39 is 23.0 Å². The second kappa shape index (κ2) is 6.25. The number of carbonyl (C=O) groups is 1. The minimum absolute atomic E-state index is 0.150. The summed E-state index contributed by atoms with van der Waals surface area (Å²) in [6.07, 6.45) is 1.30. The monoisotopic (exact) mass is 406 g/mol. The van der Waals surface area contributed by atoms with Gasteiger partial charge in [0, 0.05) is 18.6 Å². The molecule has 9 heteroatoms. The molecule has 2 aromatic heterocycles. The first-order valence-corrected chi connectivity index (χ1v) is 7.91. The van der Waals surface area contributed by atoms with Crippen LogP contribution in [0.2, 0.25) is 0 Å².